The quantitative estimate of drug-likeness (QED) is 0.763. The zero-order chi connectivity index (χ0) is 15.9. The highest BCUT2D eigenvalue weighted by atomic mass is 32.1. The number of hydrogen-bond acceptors (Lipinski definition) is 5. The standard InChI is InChI=1S/C15H22N4O2S/c1-4-8-19(11(3)14(20)16-5-2)10-13-17-18-15(21-13)12-7-6-9-22-12/h6-7,9,11H,4-5,8,10H2,1-3H3,(H,16,20)/p+1/t11-/m0/s1. The highest BCUT2D eigenvalue weighted by molar-refractivity contribution is 7.13. The zero-order valence-electron chi connectivity index (χ0n) is 13.3. The lowest BCUT2D eigenvalue weighted by Gasteiger charge is -2.23. The van der Waals surface area contributed by atoms with Crippen LogP contribution in [0.1, 0.15) is 33.1 Å². The number of hydrogen-bond donors (Lipinski definition) is 2. The van der Waals surface area contributed by atoms with Crippen LogP contribution >= 0.6 is 11.3 Å². The molecule has 7 heteroatoms. The van der Waals surface area contributed by atoms with Gasteiger partial charge in [0, 0.05) is 6.54 Å². The Morgan fingerprint density at radius 1 is 1.45 bits per heavy atom. The van der Waals surface area contributed by atoms with Crippen LogP contribution < -0.4 is 10.2 Å². The molecule has 0 aromatic carbocycles. The molecule has 0 spiro atoms. The average Bonchev–Trinajstić information content (AvgIpc) is 3.17. The fourth-order valence-corrected chi connectivity index (χ4v) is 2.96. The molecule has 2 heterocycles. The largest absolute Gasteiger partial charge is 0.414 e. The Kier molecular flexibility index (Phi) is 6.09. The molecule has 0 aliphatic heterocycles. The number of likely N-dealkylation sites (N-methyl/N-ethyl adjacent to an activating group) is 1. The van der Waals surface area contributed by atoms with Crippen molar-refractivity contribution in [2.75, 3.05) is 13.1 Å². The topological polar surface area (TPSA) is 72.5 Å². The number of carbonyl (C=O) groups excluding carboxylic acids is 1. The number of aromatic nitrogens is 2. The molecule has 0 aliphatic rings. The first-order valence-corrected chi connectivity index (χ1v) is 8.52. The van der Waals surface area contributed by atoms with Crippen LogP contribution in [0.4, 0.5) is 0 Å². The summed E-state index contributed by atoms with van der Waals surface area (Å²) in [5.74, 6) is 1.18. The van der Waals surface area contributed by atoms with Crippen LogP contribution in [-0.2, 0) is 11.3 Å². The van der Waals surface area contributed by atoms with Crippen molar-refractivity contribution in [3.8, 4) is 10.8 Å². The highest BCUT2D eigenvalue weighted by Gasteiger charge is 2.26. The third-order valence-electron chi connectivity index (χ3n) is 3.50. The van der Waals surface area contributed by atoms with Crippen molar-refractivity contribution < 1.29 is 14.1 Å². The fraction of sp³-hybridized carbons (Fsp3) is 0.533. The lowest BCUT2D eigenvalue weighted by molar-refractivity contribution is -0.929. The van der Waals surface area contributed by atoms with E-state index in [1.807, 2.05) is 31.4 Å². The van der Waals surface area contributed by atoms with Crippen LogP contribution in [0.15, 0.2) is 21.9 Å². The van der Waals surface area contributed by atoms with Gasteiger partial charge in [-0.2, -0.15) is 0 Å². The predicted octanol–water partition coefficient (Wildman–Crippen LogP) is 1.12. The second-order valence-corrected chi connectivity index (χ2v) is 6.13. The second kappa shape index (κ2) is 8.05. The molecule has 2 aromatic heterocycles. The summed E-state index contributed by atoms with van der Waals surface area (Å²) >= 11 is 1.57. The van der Waals surface area contributed by atoms with E-state index >= 15 is 0 Å². The molecule has 0 aliphatic carbocycles. The Labute approximate surface area is 134 Å². The smallest absolute Gasteiger partial charge is 0.278 e. The lowest BCUT2D eigenvalue weighted by Crippen LogP contribution is -3.15. The van der Waals surface area contributed by atoms with Crippen molar-refractivity contribution in [3.63, 3.8) is 0 Å². The van der Waals surface area contributed by atoms with E-state index in [0.717, 1.165) is 22.7 Å². The van der Waals surface area contributed by atoms with E-state index in [2.05, 4.69) is 22.4 Å². The zero-order valence-corrected chi connectivity index (χ0v) is 14.1. The summed E-state index contributed by atoms with van der Waals surface area (Å²) in [6.45, 7) is 8.06. The number of carbonyl (C=O) groups is 1. The molecule has 0 radical (unpaired) electrons. The predicted molar refractivity (Wildman–Crippen MR) is 85.6 cm³/mol. The van der Waals surface area contributed by atoms with Crippen LogP contribution in [0.2, 0.25) is 0 Å². The minimum absolute atomic E-state index is 0.0592. The Morgan fingerprint density at radius 2 is 2.27 bits per heavy atom. The van der Waals surface area contributed by atoms with Crippen molar-refractivity contribution in [1.82, 2.24) is 15.5 Å². The average molecular weight is 323 g/mol. The van der Waals surface area contributed by atoms with E-state index in [1.165, 1.54) is 0 Å². The molecule has 0 saturated heterocycles. The van der Waals surface area contributed by atoms with Crippen LogP contribution in [0, 0.1) is 0 Å². The fourth-order valence-electron chi connectivity index (χ4n) is 2.31. The number of nitrogens with one attached hydrogen (secondary N) is 2. The third-order valence-corrected chi connectivity index (χ3v) is 4.36. The van der Waals surface area contributed by atoms with Gasteiger partial charge in [0.05, 0.1) is 11.4 Å². The summed E-state index contributed by atoms with van der Waals surface area (Å²) < 4.78 is 5.73. The molecule has 2 N–H and O–H groups in total. The SMILES string of the molecule is CCC[NH+](Cc1nnc(-c2cccs2)o1)[C@@H](C)C(=O)NCC. The maximum Gasteiger partial charge on any atom is 0.278 e. The van der Waals surface area contributed by atoms with Gasteiger partial charge in [-0.25, -0.2) is 0 Å². The van der Waals surface area contributed by atoms with Crippen LogP contribution in [0.5, 0.6) is 0 Å². The minimum atomic E-state index is -0.142. The van der Waals surface area contributed by atoms with E-state index in [1.54, 1.807) is 11.3 Å². The molecule has 6 nitrogen and oxygen atoms in total. The highest BCUT2D eigenvalue weighted by Crippen LogP contribution is 2.22. The molecule has 22 heavy (non-hydrogen) atoms. The number of nitrogens with zero attached hydrogens (tertiary/aromatic N) is 2. The summed E-state index contributed by atoms with van der Waals surface area (Å²) in [6, 6.07) is 3.77. The molecule has 2 aromatic rings. The molecule has 0 fully saturated rings. The van der Waals surface area contributed by atoms with Gasteiger partial charge >= 0.3 is 0 Å². The minimum Gasteiger partial charge on any atom is -0.414 e. The van der Waals surface area contributed by atoms with Gasteiger partial charge in [-0.15, -0.1) is 21.5 Å². The van der Waals surface area contributed by atoms with Gasteiger partial charge in [0.15, 0.2) is 12.6 Å². The first kappa shape index (κ1) is 16.6. The van der Waals surface area contributed by atoms with E-state index in [4.69, 9.17) is 4.42 Å². The molecular weight excluding hydrogens is 300 g/mol. The van der Waals surface area contributed by atoms with Crippen LogP contribution in [0.3, 0.4) is 0 Å². The Bertz CT molecular complexity index is 582. The van der Waals surface area contributed by atoms with Gasteiger partial charge in [0.2, 0.25) is 0 Å². The number of rotatable bonds is 8. The molecular formula is C15H23N4O2S+. The van der Waals surface area contributed by atoms with E-state index in [0.29, 0.717) is 24.9 Å². The maximum absolute atomic E-state index is 12.0. The second-order valence-electron chi connectivity index (χ2n) is 5.18. The summed E-state index contributed by atoms with van der Waals surface area (Å²) in [5, 5.41) is 13.1. The Morgan fingerprint density at radius 3 is 2.91 bits per heavy atom. The number of thiophene rings is 1. The van der Waals surface area contributed by atoms with Gasteiger partial charge < -0.3 is 14.6 Å². The Hall–Kier alpha value is -1.73. The van der Waals surface area contributed by atoms with Gasteiger partial charge in [-0.3, -0.25) is 4.79 Å². The molecule has 120 valence electrons. The molecule has 2 rings (SSSR count). The lowest BCUT2D eigenvalue weighted by atomic mass is 10.2. The molecule has 1 amide bonds. The summed E-state index contributed by atoms with van der Waals surface area (Å²) in [5.41, 5.74) is 0. The Balaban J connectivity index is 2.06. The molecule has 0 saturated carbocycles. The number of amides is 1. The normalized spacial score (nSPS) is 13.8. The first-order valence-electron chi connectivity index (χ1n) is 7.64. The van der Waals surface area contributed by atoms with E-state index < -0.39 is 0 Å². The van der Waals surface area contributed by atoms with Crippen molar-refractivity contribution in [3.05, 3.63) is 23.4 Å². The van der Waals surface area contributed by atoms with Crippen molar-refractivity contribution >= 4 is 17.2 Å². The first-order chi connectivity index (χ1) is 10.7. The summed E-state index contributed by atoms with van der Waals surface area (Å²) in [7, 11) is 0. The van der Waals surface area contributed by atoms with Gasteiger partial charge in [-0.05, 0) is 31.7 Å². The van der Waals surface area contributed by atoms with Gasteiger partial charge in [0.1, 0.15) is 0 Å². The van der Waals surface area contributed by atoms with Crippen molar-refractivity contribution in [1.29, 1.82) is 0 Å². The van der Waals surface area contributed by atoms with E-state index in [-0.39, 0.29) is 11.9 Å². The number of quaternary nitrogens is 1. The van der Waals surface area contributed by atoms with Crippen molar-refractivity contribution in [2.24, 2.45) is 0 Å². The summed E-state index contributed by atoms with van der Waals surface area (Å²) in [6.07, 6.45) is 0.991. The van der Waals surface area contributed by atoms with Gasteiger partial charge in [0.25, 0.3) is 17.7 Å². The molecule has 0 bridgehead atoms. The molecule has 1 unspecified atom stereocenters. The third kappa shape index (κ3) is 4.14. The van der Waals surface area contributed by atoms with E-state index in [9.17, 15) is 4.79 Å². The van der Waals surface area contributed by atoms with Gasteiger partial charge in [-0.1, -0.05) is 13.0 Å². The van der Waals surface area contributed by atoms with Crippen molar-refractivity contribution in [2.45, 2.75) is 39.8 Å². The van der Waals surface area contributed by atoms with Crippen LogP contribution in [0.25, 0.3) is 10.8 Å². The van der Waals surface area contributed by atoms with Crippen LogP contribution in [-0.4, -0.2) is 35.2 Å². The summed E-state index contributed by atoms with van der Waals surface area (Å²) in [4.78, 5) is 14.1. The monoisotopic (exact) mass is 323 g/mol. The maximum atomic E-state index is 12.0. The molecule has 2 atom stereocenters.